The lowest BCUT2D eigenvalue weighted by atomic mass is 9.99. The monoisotopic (exact) mass is 478 g/mol. The highest BCUT2D eigenvalue weighted by Crippen LogP contribution is 2.32. The number of aliphatic hydroxyl groups is 3. The number of ketones is 1. The molecule has 1 aliphatic rings. The Kier molecular flexibility index (Phi) is 7.94. The van der Waals surface area contributed by atoms with Gasteiger partial charge in [0.05, 0.1) is 19.8 Å². The average molecular weight is 478 g/mol. The number of phenolic OH excluding ortho intramolecular Hbond substituents is 1. The first-order chi connectivity index (χ1) is 16.2. The van der Waals surface area contributed by atoms with Crippen LogP contribution in [0.3, 0.4) is 0 Å². The zero-order chi connectivity index (χ0) is 25.0. The maximum atomic E-state index is 12.4. The van der Waals surface area contributed by atoms with Crippen molar-refractivity contribution in [2.45, 2.75) is 37.6 Å². The molecule has 5 atom stereocenters. The molecular formula is C23H26O11. The molecule has 0 aromatic heterocycles. The molecular weight excluding hydrogens is 452 g/mol. The van der Waals surface area contributed by atoms with Gasteiger partial charge < -0.3 is 44.1 Å². The topological polar surface area (TPSA) is 161 Å². The van der Waals surface area contributed by atoms with E-state index in [-0.39, 0.29) is 34.3 Å². The number of esters is 1. The number of methoxy groups -OCH3 is 2. The van der Waals surface area contributed by atoms with E-state index >= 15 is 0 Å². The Balaban J connectivity index is 1.71. The standard InChI is InChI=1S/C23H26O11/c1-11(24)12-5-7-15(17(8-12)31-3)33-23-21(28)20(27)19(26)18(34-23)10-32-22(29)13-4-6-14(25)16(9-13)30-2/h4-9,18-21,23,25-28H,10H2,1-3H3/t18-,19+,20+,21-,23-/m1/s1. The van der Waals surface area contributed by atoms with Crippen molar-refractivity contribution in [3.05, 3.63) is 47.5 Å². The number of hydrogen-bond acceptors (Lipinski definition) is 11. The Morgan fingerprint density at radius 1 is 0.882 bits per heavy atom. The second-order valence-electron chi connectivity index (χ2n) is 7.54. The van der Waals surface area contributed by atoms with Gasteiger partial charge in [0.2, 0.25) is 6.29 Å². The van der Waals surface area contributed by atoms with Crippen LogP contribution in [0.1, 0.15) is 27.6 Å². The van der Waals surface area contributed by atoms with E-state index in [1.165, 1.54) is 57.5 Å². The van der Waals surface area contributed by atoms with E-state index in [2.05, 4.69) is 0 Å². The van der Waals surface area contributed by atoms with Crippen LogP contribution >= 0.6 is 0 Å². The summed E-state index contributed by atoms with van der Waals surface area (Å²) in [5.74, 6) is -0.770. The Hall–Kier alpha value is -3.38. The molecule has 2 aromatic carbocycles. The molecule has 0 amide bonds. The lowest BCUT2D eigenvalue weighted by Crippen LogP contribution is -2.60. The first kappa shape index (κ1) is 25.2. The number of benzene rings is 2. The van der Waals surface area contributed by atoms with Gasteiger partial charge in [-0.25, -0.2) is 4.79 Å². The van der Waals surface area contributed by atoms with E-state index in [9.17, 15) is 30.0 Å². The molecule has 11 nitrogen and oxygen atoms in total. The maximum Gasteiger partial charge on any atom is 0.338 e. The summed E-state index contributed by atoms with van der Waals surface area (Å²) in [6, 6.07) is 8.23. The average Bonchev–Trinajstić information content (AvgIpc) is 2.83. The number of aromatic hydroxyl groups is 1. The van der Waals surface area contributed by atoms with E-state index in [4.69, 9.17) is 23.7 Å². The number of hydrogen-bond donors (Lipinski definition) is 4. The molecule has 11 heteroatoms. The summed E-state index contributed by atoms with van der Waals surface area (Å²) < 4.78 is 26.6. The molecule has 1 fully saturated rings. The van der Waals surface area contributed by atoms with Gasteiger partial charge in [-0.15, -0.1) is 0 Å². The summed E-state index contributed by atoms with van der Waals surface area (Å²) in [5.41, 5.74) is 0.448. The van der Waals surface area contributed by atoms with Crippen LogP contribution in [0, 0.1) is 0 Å². The van der Waals surface area contributed by atoms with E-state index in [1.807, 2.05) is 0 Å². The highest BCUT2D eigenvalue weighted by molar-refractivity contribution is 5.94. The zero-order valence-electron chi connectivity index (χ0n) is 18.7. The van der Waals surface area contributed by atoms with Crippen molar-refractivity contribution in [1.29, 1.82) is 0 Å². The number of phenols is 1. The van der Waals surface area contributed by atoms with Gasteiger partial charge in [0, 0.05) is 5.56 Å². The van der Waals surface area contributed by atoms with Crippen molar-refractivity contribution in [3.63, 3.8) is 0 Å². The normalized spacial score (nSPS) is 24.2. The zero-order valence-corrected chi connectivity index (χ0v) is 18.7. The van der Waals surface area contributed by atoms with Crippen molar-refractivity contribution >= 4 is 11.8 Å². The van der Waals surface area contributed by atoms with Gasteiger partial charge in [-0.05, 0) is 43.3 Å². The molecule has 1 aliphatic heterocycles. The van der Waals surface area contributed by atoms with Crippen LogP contribution in [0.15, 0.2) is 36.4 Å². The summed E-state index contributed by atoms with van der Waals surface area (Å²) >= 11 is 0. The van der Waals surface area contributed by atoms with Gasteiger partial charge in [-0.2, -0.15) is 0 Å². The van der Waals surface area contributed by atoms with E-state index in [0.29, 0.717) is 5.56 Å². The Bertz CT molecular complexity index is 1040. The van der Waals surface area contributed by atoms with Gasteiger partial charge in [0.25, 0.3) is 0 Å². The fourth-order valence-corrected chi connectivity index (χ4v) is 3.31. The van der Waals surface area contributed by atoms with Crippen molar-refractivity contribution in [2.24, 2.45) is 0 Å². The van der Waals surface area contributed by atoms with Gasteiger partial charge in [0.15, 0.2) is 28.8 Å². The van der Waals surface area contributed by atoms with E-state index in [0.717, 1.165) is 0 Å². The minimum absolute atomic E-state index is 0.0696. The van der Waals surface area contributed by atoms with E-state index in [1.54, 1.807) is 0 Å². The number of aliphatic hydroxyl groups excluding tert-OH is 3. The van der Waals surface area contributed by atoms with Crippen LogP contribution in [0.4, 0.5) is 0 Å². The lowest BCUT2D eigenvalue weighted by molar-refractivity contribution is -0.277. The van der Waals surface area contributed by atoms with Crippen LogP contribution in [0.2, 0.25) is 0 Å². The second kappa shape index (κ2) is 10.7. The molecule has 0 spiro atoms. The molecule has 1 saturated heterocycles. The Morgan fingerprint density at radius 3 is 2.18 bits per heavy atom. The van der Waals surface area contributed by atoms with Gasteiger partial charge in [-0.3, -0.25) is 4.79 Å². The summed E-state index contributed by atoms with van der Waals surface area (Å²) in [6.45, 7) is 0.911. The van der Waals surface area contributed by atoms with Gasteiger partial charge in [0.1, 0.15) is 31.0 Å². The van der Waals surface area contributed by atoms with Crippen LogP contribution in [0.25, 0.3) is 0 Å². The van der Waals surface area contributed by atoms with E-state index < -0.39 is 43.3 Å². The number of carbonyl (C=O) groups excluding carboxylic acids is 2. The molecule has 0 unspecified atom stereocenters. The van der Waals surface area contributed by atoms with Gasteiger partial charge in [-0.1, -0.05) is 0 Å². The molecule has 1 heterocycles. The fraction of sp³-hybridized carbons (Fsp3) is 0.391. The lowest BCUT2D eigenvalue weighted by Gasteiger charge is -2.40. The van der Waals surface area contributed by atoms with Crippen molar-refractivity contribution in [1.82, 2.24) is 0 Å². The molecule has 34 heavy (non-hydrogen) atoms. The molecule has 4 N–H and O–H groups in total. The van der Waals surface area contributed by atoms with Crippen LogP contribution in [0.5, 0.6) is 23.0 Å². The van der Waals surface area contributed by atoms with Crippen LogP contribution in [-0.4, -0.2) is 83.7 Å². The Labute approximate surface area is 195 Å². The smallest absolute Gasteiger partial charge is 0.338 e. The predicted octanol–water partition coefficient (Wildman–Crippen LogP) is 0.655. The molecule has 0 aliphatic carbocycles. The van der Waals surface area contributed by atoms with Crippen molar-refractivity contribution in [2.75, 3.05) is 20.8 Å². The number of carbonyl (C=O) groups is 2. The third-order valence-corrected chi connectivity index (χ3v) is 5.28. The minimum Gasteiger partial charge on any atom is -0.504 e. The minimum atomic E-state index is -1.67. The second-order valence-corrected chi connectivity index (χ2v) is 7.54. The first-order valence-corrected chi connectivity index (χ1v) is 10.3. The number of ether oxygens (including phenoxy) is 5. The SMILES string of the molecule is COc1cc(C(=O)OC[C@H]2O[C@@H](Oc3ccc(C(C)=O)cc3OC)[C@H](O)[C@@H](O)[C@H]2O)ccc1O. The molecule has 3 rings (SSSR count). The van der Waals surface area contributed by atoms with Crippen LogP contribution in [-0.2, 0) is 9.47 Å². The third-order valence-electron chi connectivity index (χ3n) is 5.28. The molecule has 184 valence electrons. The highest BCUT2D eigenvalue weighted by Gasteiger charge is 2.45. The molecule has 0 radical (unpaired) electrons. The largest absolute Gasteiger partial charge is 0.504 e. The van der Waals surface area contributed by atoms with Gasteiger partial charge >= 0.3 is 5.97 Å². The first-order valence-electron chi connectivity index (χ1n) is 10.3. The summed E-state index contributed by atoms with van der Waals surface area (Å²) in [4.78, 5) is 24.0. The Morgan fingerprint density at radius 2 is 1.53 bits per heavy atom. The van der Waals surface area contributed by atoms with Crippen molar-refractivity contribution in [3.8, 4) is 23.0 Å². The molecule has 0 bridgehead atoms. The van der Waals surface area contributed by atoms with Crippen LogP contribution < -0.4 is 14.2 Å². The number of rotatable bonds is 8. The fourth-order valence-electron chi connectivity index (χ4n) is 3.31. The molecule has 2 aromatic rings. The predicted molar refractivity (Wildman–Crippen MR) is 115 cm³/mol. The summed E-state index contributed by atoms with van der Waals surface area (Å²) in [6.07, 6.45) is -7.58. The summed E-state index contributed by atoms with van der Waals surface area (Å²) in [5, 5.41) is 40.5. The highest BCUT2D eigenvalue weighted by atomic mass is 16.7. The molecule has 0 saturated carbocycles. The number of Topliss-reactive ketones (excluding diaryl/α,β-unsaturated/α-hetero) is 1. The van der Waals surface area contributed by atoms with Crippen molar-refractivity contribution < 1.29 is 53.7 Å². The quantitative estimate of drug-likeness (QED) is 0.311. The maximum absolute atomic E-state index is 12.4. The third kappa shape index (κ3) is 5.39. The summed E-state index contributed by atoms with van der Waals surface area (Å²) in [7, 11) is 2.69.